The molecule has 0 aliphatic carbocycles. The van der Waals surface area contributed by atoms with E-state index in [2.05, 4.69) is 10.2 Å². The van der Waals surface area contributed by atoms with Crippen LogP contribution in [-0.4, -0.2) is 80.0 Å². The summed E-state index contributed by atoms with van der Waals surface area (Å²) in [5.74, 6) is -0.745. The third-order valence-electron chi connectivity index (χ3n) is 5.50. The summed E-state index contributed by atoms with van der Waals surface area (Å²) in [5, 5.41) is 13.1. The standard InChI is InChI=1S/C21H26F3N5O4/c1-20(2)18(30)28(16-4-3-15(14-25)17(13-16)21(22,23)24)19(31)29(20)33-12-11-32-10-9-27-7-5-26-6-8-27/h3-4,13,26H,5-12H2,1-2H3. The molecule has 1 aromatic rings. The average Bonchev–Trinajstić information content (AvgIpc) is 2.94. The Morgan fingerprint density at radius 3 is 2.48 bits per heavy atom. The number of hydroxylamine groups is 2. The Balaban J connectivity index is 1.62. The highest BCUT2D eigenvalue weighted by molar-refractivity contribution is 6.22. The van der Waals surface area contributed by atoms with Gasteiger partial charge in [-0.2, -0.15) is 23.5 Å². The van der Waals surface area contributed by atoms with Crippen LogP contribution in [0.15, 0.2) is 18.2 Å². The summed E-state index contributed by atoms with van der Waals surface area (Å²) >= 11 is 0. The van der Waals surface area contributed by atoms with E-state index in [1.165, 1.54) is 19.9 Å². The average molecular weight is 469 g/mol. The van der Waals surface area contributed by atoms with E-state index in [9.17, 15) is 22.8 Å². The van der Waals surface area contributed by atoms with Gasteiger partial charge < -0.3 is 10.1 Å². The molecule has 0 unspecified atom stereocenters. The number of carbonyl (C=O) groups is 2. The van der Waals surface area contributed by atoms with Crippen LogP contribution >= 0.6 is 0 Å². The van der Waals surface area contributed by atoms with E-state index >= 15 is 0 Å². The summed E-state index contributed by atoms with van der Waals surface area (Å²) in [5.41, 5.74) is -3.55. The van der Waals surface area contributed by atoms with Crippen LogP contribution in [0.4, 0.5) is 23.7 Å². The van der Waals surface area contributed by atoms with E-state index in [4.69, 9.17) is 14.8 Å². The third-order valence-corrected chi connectivity index (χ3v) is 5.50. The Morgan fingerprint density at radius 2 is 1.85 bits per heavy atom. The molecule has 3 rings (SSSR count). The number of carbonyl (C=O) groups excluding carboxylic acids is 2. The topological polar surface area (TPSA) is 98.1 Å². The van der Waals surface area contributed by atoms with Crippen molar-refractivity contribution in [2.24, 2.45) is 0 Å². The van der Waals surface area contributed by atoms with Crippen molar-refractivity contribution in [3.8, 4) is 6.07 Å². The van der Waals surface area contributed by atoms with Crippen molar-refractivity contribution in [1.29, 1.82) is 5.26 Å². The minimum Gasteiger partial charge on any atom is -0.378 e. The maximum Gasteiger partial charge on any atom is 0.417 e. The molecule has 0 spiro atoms. The predicted molar refractivity (Wildman–Crippen MR) is 111 cm³/mol. The van der Waals surface area contributed by atoms with Crippen molar-refractivity contribution in [3.63, 3.8) is 0 Å². The highest BCUT2D eigenvalue weighted by atomic mass is 19.4. The number of hydrogen-bond acceptors (Lipinski definition) is 7. The van der Waals surface area contributed by atoms with Crippen LogP contribution in [-0.2, 0) is 20.5 Å². The second kappa shape index (κ2) is 10.0. The molecule has 2 heterocycles. The molecule has 2 fully saturated rings. The fraction of sp³-hybridized carbons (Fsp3) is 0.571. The largest absolute Gasteiger partial charge is 0.417 e. The van der Waals surface area contributed by atoms with Gasteiger partial charge in [0.05, 0.1) is 42.7 Å². The summed E-state index contributed by atoms with van der Waals surface area (Å²) in [6, 6.07) is 3.23. The van der Waals surface area contributed by atoms with Crippen molar-refractivity contribution in [2.75, 3.05) is 57.4 Å². The number of amides is 3. The first-order chi connectivity index (χ1) is 15.6. The van der Waals surface area contributed by atoms with Crippen molar-refractivity contribution in [2.45, 2.75) is 25.6 Å². The first kappa shape index (κ1) is 24.9. The van der Waals surface area contributed by atoms with Crippen LogP contribution in [0, 0.1) is 11.3 Å². The number of imide groups is 1. The van der Waals surface area contributed by atoms with Gasteiger partial charge in [-0.05, 0) is 32.0 Å². The van der Waals surface area contributed by atoms with Crippen LogP contribution in [0.3, 0.4) is 0 Å². The van der Waals surface area contributed by atoms with Crippen molar-refractivity contribution in [1.82, 2.24) is 15.3 Å². The number of benzene rings is 1. The van der Waals surface area contributed by atoms with Crippen LogP contribution in [0.25, 0.3) is 0 Å². The zero-order valence-corrected chi connectivity index (χ0v) is 18.4. The molecule has 0 aromatic heterocycles. The molecule has 1 aromatic carbocycles. The highest BCUT2D eigenvalue weighted by Crippen LogP contribution is 2.37. The van der Waals surface area contributed by atoms with Crippen LogP contribution in [0.1, 0.15) is 25.0 Å². The molecular weight excluding hydrogens is 443 g/mol. The Kier molecular flexibility index (Phi) is 7.58. The molecule has 2 aliphatic rings. The molecule has 33 heavy (non-hydrogen) atoms. The number of halogens is 3. The maximum atomic E-state index is 13.3. The second-order valence-corrected chi connectivity index (χ2v) is 8.15. The van der Waals surface area contributed by atoms with Crippen molar-refractivity contribution >= 4 is 17.6 Å². The molecule has 180 valence electrons. The summed E-state index contributed by atoms with van der Waals surface area (Å²) in [7, 11) is 0. The van der Waals surface area contributed by atoms with E-state index in [0.717, 1.165) is 49.9 Å². The SMILES string of the molecule is CC1(C)C(=O)N(c2ccc(C#N)c(C(F)(F)F)c2)C(=O)N1OCCOCCN1CCNCC1. The van der Waals surface area contributed by atoms with E-state index in [0.29, 0.717) is 17.6 Å². The van der Waals surface area contributed by atoms with Crippen molar-refractivity contribution in [3.05, 3.63) is 29.3 Å². The van der Waals surface area contributed by atoms with E-state index in [1.54, 1.807) is 0 Å². The van der Waals surface area contributed by atoms with E-state index < -0.39 is 34.8 Å². The molecule has 9 nitrogen and oxygen atoms in total. The molecule has 0 atom stereocenters. The number of nitrogens with zero attached hydrogens (tertiary/aromatic N) is 4. The Hall–Kier alpha value is -2.72. The number of rotatable bonds is 8. The normalized spacial score (nSPS) is 19.3. The maximum absolute atomic E-state index is 13.3. The first-order valence-corrected chi connectivity index (χ1v) is 10.5. The Bertz CT molecular complexity index is 925. The smallest absolute Gasteiger partial charge is 0.378 e. The van der Waals surface area contributed by atoms with Gasteiger partial charge >= 0.3 is 12.2 Å². The van der Waals surface area contributed by atoms with Gasteiger partial charge in [0.1, 0.15) is 5.54 Å². The van der Waals surface area contributed by atoms with Gasteiger partial charge in [-0.25, -0.2) is 9.69 Å². The van der Waals surface area contributed by atoms with Gasteiger partial charge in [-0.15, -0.1) is 0 Å². The number of anilines is 1. The molecule has 12 heteroatoms. The molecule has 0 radical (unpaired) electrons. The molecule has 0 bridgehead atoms. The van der Waals surface area contributed by atoms with Gasteiger partial charge in [-0.3, -0.25) is 14.5 Å². The van der Waals surface area contributed by atoms with Crippen LogP contribution in [0.2, 0.25) is 0 Å². The van der Waals surface area contributed by atoms with Crippen LogP contribution < -0.4 is 10.2 Å². The molecule has 2 aliphatic heterocycles. The van der Waals surface area contributed by atoms with Crippen molar-refractivity contribution < 1.29 is 32.3 Å². The Labute approximate surface area is 189 Å². The van der Waals surface area contributed by atoms with Crippen LogP contribution in [0.5, 0.6) is 0 Å². The quantitative estimate of drug-likeness (QED) is 0.459. The predicted octanol–water partition coefficient (Wildman–Crippen LogP) is 1.98. The number of urea groups is 1. The molecule has 0 saturated carbocycles. The van der Waals surface area contributed by atoms with Gasteiger partial charge in [-0.1, -0.05) is 0 Å². The second-order valence-electron chi connectivity index (χ2n) is 8.15. The number of alkyl halides is 3. The number of ether oxygens (including phenoxy) is 1. The first-order valence-electron chi connectivity index (χ1n) is 10.5. The van der Waals surface area contributed by atoms with Gasteiger partial charge in [0.2, 0.25) is 0 Å². The fourth-order valence-electron chi connectivity index (χ4n) is 3.64. The van der Waals surface area contributed by atoms with E-state index in [1.807, 2.05) is 0 Å². The molecular formula is C21H26F3N5O4. The van der Waals surface area contributed by atoms with Gasteiger partial charge in [0, 0.05) is 32.7 Å². The van der Waals surface area contributed by atoms with Gasteiger partial charge in [0.15, 0.2) is 0 Å². The fourth-order valence-corrected chi connectivity index (χ4v) is 3.64. The molecule has 1 N–H and O–H groups in total. The Morgan fingerprint density at radius 1 is 1.15 bits per heavy atom. The minimum absolute atomic E-state index is 0.0149. The lowest BCUT2D eigenvalue weighted by Crippen LogP contribution is -2.45. The number of piperazine rings is 1. The van der Waals surface area contributed by atoms with Gasteiger partial charge in [0.25, 0.3) is 5.91 Å². The summed E-state index contributed by atoms with van der Waals surface area (Å²) in [6.07, 6.45) is -4.82. The number of hydrogen-bond donors (Lipinski definition) is 1. The zero-order chi connectivity index (χ0) is 24.2. The zero-order valence-electron chi connectivity index (χ0n) is 18.4. The lowest BCUT2D eigenvalue weighted by atomic mass is 10.0. The molecule has 2 saturated heterocycles. The lowest BCUT2D eigenvalue weighted by molar-refractivity contribution is -0.173. The minimum atomic E-state index is -4.82. The summed E-state index contributed by atoms with van der Waals surface area (Å²) in [6.45, 7) is 8.04. The monoisotopic (exact) mass is 469 g/mol. The lowest BCUT2D eigenvalue weighted by Gasteiger charge is -2.27. The third kappa shape index (κ3) is 5.44. The number of nitrogens with one attached hydrogen (secondary N) is 1. The van der Waals surface area contributed by atoms with E-state index in [-0.39, 0.29) is 18.9 Å². The summed E-state index contributed by atoms with van der Waals surface area (Å²) < 4.78 is 45.5. The summed E-state index contributed by atoms with van der Waals surface area (Å²) in [4.78, 5) is 34.1. The number of nitriles is 1. The highest BCUT2D eigenvalue weighted by Gasteiger charge is 2.53. The molecule has 3 amide bonds.